The fraction of sp³-hybridized carbons (Fsp3) is 0.250. The van der Waals surface area contributed by atoms with Crippen molar-refractivity contribution in [1.82, 2.24) is 5.32 Å². The lowest BCUT2D eigenvalue weighted by molar-refractivity contribution is 0.495. The maximum Gasteiger partial charge on any atom is 0.0781 e. The van der Waals surface area contributed by atoms with Gasteiger partial charge in [0.1, 0.15) is 0 Å². The van der Waals surface area contributed by atoms with Crippen molar-refractivity contribution < 1.29 is 0 Å². The summed E-state index contributed by atoms with van der Waals surface area (Å²) >= 11 is 18.3. The van der Waals surface area contributed by atoms with Gasteiger partial charge >= 0.3 is 0 Å². The van der Waals surface area contributed by atoms with Crippen molar-refractivity contribution in [3.63, 3.8) is 0 Å². The molecule has 0 heterocycles. The van der Waals surface area contributed by atoms with Crippen molar-refractivity contribution in [3.8, 4) is 0 Å². The van der Waals surface area contributed by atoms with Crippen molar-refractivity contribution in [3.05, 3.63) is 68.7 Å². The van der Waals surface area contributed by atoms with E-state index in [1.54, 1.807) is 6.07 Å². The van der Waals surface area contributed by atoms with Crippen molar-refractivity contribution in [1.29, 1.82) is 0 Å². The molecule has 1 N–H and O–H groups in total. The summed E-state index contributed by atoms with van der Waals surface area (Å²) in [6, 6.07) is 14.2. The summed E-state index contributed by atoms with van der Waals surface area (Å²) in [5, 5.41) is 4.91. The van der Waals surface area contributed by atoms with Gasteiger partial charge in [-0.15, -0.1) is 0 Å². The van der Waals surface area contributed by atoms with Crippen LogP contribution in [0.25, 0.3) is 0 Å². The van der Waals surface area contributed by atoms with Crippen molar-refractivity contribution >= 4 is 34.8 Å². The largest absolute Gasteiger partial charge is 0.304 e. The van der Waals surface area contributed by atoms with E-state index >= 15 is 0 Å². The second kappa shape index (κ2) is 6.82. The second-order valence-electron chi connectivity index (χ2n) is 4.79. The molecule has 0 fully saturated rings. The maximum absolute atomic E-state index is 6.27. The van der Waals surface area contributed by atoms with E-state index in [1.165, 1.54) is 5.56 Å². The predicted octanol–water partition coefficient (Wildman–Crippen LogP) is 6.06. The molecule has 2 atom stereocenters. The molecule has 1 nitrogen and oxygen atoms in total. The van der Waals surface area contributed by atoms with Crippen LogP contribution in [0.3, 0.4) is 0 Å². The number of halogens is 3. The summed E-state index contributed by atoms with van der Waals surface area (Å²) in [5.74, 6) is 0. The summed E-state index contributed by atoms with van der Waals surface area (Å²) in [6.07, 6.45) is 0. The van der Waals surface area contributed by atoms with Crippen LogP contribution in [0.15, 0.2) is 42.5 Å². The number of nitrogens with one attached hydrogen (secondary N) is 1. The molecule has 0 bridgehead atoms. The fourth-order valence-electron chi connectivity index (χ4n) is 2.18. The Labute approximate surface area is 134 Å². The zero-order chi connectivity index (χ0) is 14.7. The van der Waals surface area contributed by atoms with Crippen LogP contribution in [0.1, 0.15) is 37.1 Å². The first-order valence-corrected chi connectivity index (χ1v) is 7.58. The van der Waals surface area contributed by atoms with E-state index in [9.17, 15) is 0 Å². The van der Waals surface area contributed by atoms with Gasteiger partial charge in [-0.3, -0.25) is 0 Å². The minimum atomic E-state index is 0.0764. The standard InChI is InChI=1S/C16H16Cl3N/c1-10(12-6-4-3-5-7-12)20-11(2)13-8-9-14(17)16(19)15(13)18/h3-11,20H,1-2H3. The zero-order valence-corrected chi connectivity index (χ0v) is 13.6. The van der Waals surface area contributed by atoms with E-state index in [0.29, 0.717) is 15.1 Å². The Morgan fingerprint density at radius 2 is 1.45 bits per heavy atom. The topological polar surface area (TPSA) is 12.0 Å². The monoisotopic (exact) mass is 327 g/mol. The Bertz CT molecular complexity index is 584. The maximum atomic E-state index is 6.27. The van der Waals surface area contributed by atoms with Gasteiger partial charge in [-0.25, -0.2) is 0 Å². The lowest BCUT2D eigenvalue weighted by Crippen LogP contribution is -2.22. The van der Waals surface area contributed by atoms with Crippen molar-refractivity contribution in [2.45, 2.75) is 25.9 Å². The SMILES string of the molecule is CC(NC(C)c1ccc(Cl)c(Cl)c1Cl)c1ccccc1. The van der Waals surface area contributed by atoms with Crippen molar-refractivity contribution in [2.75, 3.05) is 0 Å². The molecule has 0 saturated carbocycles. The minimum absolute atomic E-state index is 0.0764. The number of hydrogen-bond donors (Lipinski definition) is 1. The molecule has 2 aromatic rings. The molecule has 2 aromatic carbocycles. The highest BCUT2D eigenvalue weighted by Gasteiger charge is 2.16. The zero-order valence-electron chi connectivity index (χ0n) is 11.3. The van der Waals surface area contributed by atoms with Crippen LogP contribution < -0.4 is 5.32 Å². The first kappa shape index (κ1) is 15.7. The molecule has 0 amide bonds. The third-order valence-electron chi connectivity index (χ3n) is 3.33. The van der Waals surface area contributed by atoms with Gasteiger partial charge in [-0.05, 0) is 31.0 Å². The third-order valence-corrected chi connectivity index (χ3v) is 4.64. The van der Waals surface area contributed by atoms with Gasteiger partial charge in [0.15, 0.2) is 0 Å². The molecule has 0 aromatic heterocycles. The van der Waals surface area contributed by atoms with Crippen LogP contribution in [0, 0.1) is 0 Å². The summed E-state index contributed by atoms with van der Waals surface area (Å²) < 4.78 is 0. The molecule has 0 aliphatic rings. The number of benzene rings is 2. The van der Waals surface area contributed by atoms with E-state index in [-0.39, 0.29) is 12.1 Å². The van der Waals surface area contributed by atoms with Gasteiger partial charge in [-0.1, -0.05) is 71.2 Å². The Balaban J connectivity index is 2.17. The third kappa shape index (κ3) is 3.48. The van der Waals surface area contributed by atoms with Crippen LogP contribution in [-0.4, -0.2) is 0 Å². The molecule has 0 saturated heterocycles. The van der Waals surface area contributed by atoms with Gasteiger partial charge < -0.3 is 5.32 Å². The quantitative estimate of drug-likeness (QED) is 0.673. The summed E-state index contributed by atoms with van der Waals surface area (Å²) in [7, 11) is 0. The first-order valence-electron chi connectivity index (χ1n) is 6.45. The summed E-state index contributed by atoms with van der Waals surface area (Å²) in [4.78, 5) is 0. The number of rotatable bonds is 4. The van der Waals surface area contributed by atoms with Gasteiger partial charge in [0.05, 0.1) is 15.1 Å². The molecular weight excluding hydrogens is 313 g/mol. The minimum Gasteiger partial charge on any atom is -0.304 e. The van der Waals surface area contributed by atoms with Crippen LogP contribution in [0.5, 0.6) is 0 Å². The van der Waals surface area contributed by atoms with E-state index in [4.69, 9.17) is 34.8 Å². The molecule has 20 heavy (non-hydrogen) atoms. The highest BCUT2D eigenvalue weighted by Crippen LogP contribution is 2.35. The molecule has 0 spiro atoms. The van der Waals surface area contributed by atoms with E-state index in [0.717, 1.165) is 5.56 Å². The molecule has 4 heteroatoms. The summed E-state index contributed by atoms with van der Waals surface area (Å²) in [6.45, 7) is 4.18. The van der Waals surface area contributed by atoms with Crippen LogP contribution in [0.4, 0.5) is 0 Å². The van der Waals surface area contributed by atoms with Gasteiger partial charge in [0.2, 0.25) is 0 Å². The molecule has 0 aliphatic carbocycles. The number of hydrogen-bond acceptors (Lipinski definition) is 1. The average molecular weight is 329 g/mol. The Hall–Kier alpha value is -0.730. The molecular formula is C16H16Cl3N. The Kier molecular flexibility index (Phi) is 5.34. The lowest BCUT2D eigenvalue weighted by Gasteiger charge is -2.22. The van der Waals surface area contributed by atoms with Gasteiger partial charge in [-0.2, -0.15) is 0 Å². The predicted molar refractivity (Wildman–Crippen MR) is 87.9 cm³/mol. The highest BCUT2D eigenvalue weighted by molar-refractivity contribution is 6.48. The molecule has 2 rings (SSSR count). The second-order valence-corrected chi connectivity index (χ2v) is 5.95. The molecule has 2 unspecified atom stereocenters. The lowest BCUT2D eigenvalue weighted by atomic mass is 10.0. The van der Waals surface area contributed by atoms with E-state index in [1.807, 2.05) is 24.3 Å². The molecule has 0 radical (unpaired) electrons. The smallest absolute Gasteiger partial charge is 0.0781 e. The van der Waals surface area contributed by atoms with Crippen molar-refractivity contribution in [2.24, 2.45) is 0 Å². The highest BCUT2D eigenvalue weighted by atomic mass is 35.5. The van der Waals surface area contributed by atoms with Gasteiger partial charge in [0, 0.05) is 12.1 Å². The summed E-state index contributed by atoms with van der Waals surface area (Å²) in [5.41, 5.74) is 2.18. The van der Waals surface area contributed by atoms with E-state index < -0.39 is 0 Å². The normalized spacial score (nSPS) is 14.1. The van der Waals surface area contributed by atoms with Crippen LogP contribution in [0.2, 0.25) is 15.1 Å². The fourth-order valence-corrected chi connectivity index (χ4v) is 2.88. The van der Waals surface area contributed by atoms with Gasteiger partial charge in [0.25, 0.3) is 0 Å². The molecule has 0 aliphatic heterocycles. The average Bonchev–Trinajstić information content (AvgIpc) is 2.45. The molecule has 106 valence electrons. The van der Waals surface area contributed by atoms with Crippen LogP contribution >= 0.6 is 34.8 Å². The van der Waals surface area contributed by atoms with E-state index in [2.05, 4.69) is 31.3 Å². The first-order chi connectivity index (χ1) is 9.50. The Morgan fingerprint density at radius 1 is 0.800 bits per heavy atom. The van der Waals surface area contributed by atoms with Crippen LogP contribution in [-0.2, 0) is 0 Å². The Morgan fingerprint density at radius 3 is 2.10 bits per heavy atom.